The van der Waals surface area contributed by atoms with Gasteiger partial charge in [-0.25, -0.2) is 4.98 Å². The van der Waals surface area contributed by atoms with Gasteiger partial charge in [-0.1, -0.05) is 20.3 Å². The standard InChI is InChI=1S/C17H27N3O/c1-5-13-7-8-15(12(13)4)20-17(21)14-9-11(3)19-16(10-14)18-6-2/h9-10,12-13,15H,5-8H2,1-4H3,(H,18,19)(H,20,21). The van der Waals surface area contributed by atoms with Crippen molar-refractivity contribution in [3.63, 3.8) is 0 Å². The zero-order valence-electron chi connectivity index (χ0n) is 13.6. The molecule has 2 N–H and O–H groups in total. The van der Waals surface area contributed by atoms with Gasteiger partial charge in [0, 0.05) is 23.8 Å². The van der Waals surface area contributed by atoms with E-state index >= 15 is 0 Å². The number of aryl methyl sites for hydroxylation is 1. The van der Waals surface area contributed by atoms with Crippen molar-refractivity contribution in [1.29, 1.82) is 0 Å². The normalized spacial score (nSPS) is 24.9. The second kappa shape index (κ2) is 6.92. The molecule has 0 saturated heterocycles. The van der Waals surface area contributed by atoms with Crippen LogP contribution < -0.4 is 10.6 Å². The number of amides is 1. The zero-order chi connectivity index (χ0) is 15.4. The molecule has 1 aromatic rings. The van der Waals surface area contributed by atoms with Gasteiger partial charge < -0.3 is 10.6 Å². The molecule has 1 fully saturated rings. The van der Waals surface area contributed by atoms with Crippen LogP contribution in [-0.2, 0) is 0 Å². The van der Waals surface area contributed by atoms with Crippen LogP contribution in [0.1, 0.15) is 56.1 Å². The van der Waals surface area contributed by atoms with E-state index in [0.29, 0.717) is 17.5 Å². The molecular weight excluding hydrogens is 262 g/mol. The number of anilines is 1. The predicted octanol–water partition coefficient (Wildman–Crippen LogP) is 3.38. The number of hydrogen-bond donors (Lipinski definition) is 2. The summed E-state index contributed by atoms with van der Waals surface area (Å²) < 4.78 is 0. The van der Waals surface area contributed by atoms with Gasteiger partial charge in [-0.2, -0.15) is 0 Å². The number of hydrogen-bond acceptors (Lipinski definition) is 3. The number of nitrogens with one attached hydrogen (secondary N) is 2. The number of carbonyl (C=O) groups excluding carboxylic acids is 1. The van der Waals surface area contributed by atoms with E-state index in [9.17, 15) is 4.79 Å². The molecule has 0 radical (unpaired) electrons. The van der Waals surface area contributed by atoms with Gasteiger partial charge in [0.2, 0.25) is 0 Å². The Bertz CT molecular complexity index is 501. The summed E-state index contributed by atoms with van der Waals surface area (Å²) in [5, 5.41) is 6.38. The maximum atomic E-state index is 12.5. The lowest BCUT2D eigenvalue weighted by molar-refractivity contribution is 0.0926. The second-order valence-corrected chi connectivity index (χ2v) is 6.10. The molecule has 1 aliphatic rings. The van der Waals surface area contributed by atoms with Gasteiger partial charge in [0.25, 0.3) is 5.91 Å². The van der Waals surface area contributed by atoms with Crippen LogP contribution in [0.15, 0.2) is 12.1 Å². The Morgan fingerprint density at radius 3 is 2.71 bits per heavy atom. The molecule has 3 atom stereocenters. The molecule has 0 aromatic carbocycles. The highest BCUT2D eigenvalue weighted by molar-refractivity contribution is 5.95. The highest BCUT2D eigenvalue weighted by Gasteiger charge is 2.32. The lowest BCUT2D eigenvalue weighted by Gasteiger charge is -2.21. The Morgan fingerprint density at radius 1 is 1.33 bits per heavy atom. The summed E-state index contributed by atoms with van der Waals surface area (Å²) in [7, 11) is 0. The minimum Gasteiger partial charge on any atom is -0.370 e. The van der Waals surface area contributed by atoms with E-state index in [1.54, 1.807) is 0 Å². The van der Waals surface area contributed by atoms with Gasteiger partial charge in [0.15, 0.2) is 0 Å². The monoisotopic (exact) mass is 289 g/mol. The van der Waals surface area contributed by atoms with Gasteiger partial charge in [-0.15, -0.1) is 0 Å². The second-order valence-electron chi connectivity index (χ2n) is 6.10. The SMILES string of the molecule is CCNc1cc(C(=O)NC2CCC(CC)C2C)cc(C)n1. The summed E-state index contributed by atoms with van der Waals surface area (Å²) in [4.78, 5) is 16.9. The van der Waals surface area contributed by atoms with Gasteiger partial charge in [0.1, 0.15) is 5.82 Å². The summed E-state index contributed by atoms with van der Waals surface area (Å²) >= 11 is 0. The van der Waals surface area contributed by atoms with E-state index in [0.717, 1.165) is 30.4 Å². The number of aromatic nitrogens is 1. The molecule has 0 bridgehead atoms. The van der Waals surface area contributed by atoms with Crippen molar-refractivity contribution in [3.8, 4) is 0 Å². The highest BCUT2D eigenvalue weighted by Crippen LogP contribution is 2.34. The topological polar surface area (TPSA) is 54.0 Å². The van der Waals surface area contributed by atoms with E-state index in [1.807, 2.05) is 26.0 Å². The average Bonchev–Trinajstić information content (AvgIpc) is 2.79. The minimum atomic E-state index is 0.0215. The summed E-state index contributed by atoms with van der Waals surface area (Å²) in [5.41, 5.74) is 1.56. The third-order valence-corrected chi connectivity index (χ3v) is 4.64. The molecule has 4 heteroatoms. The van der Waals surface area contributed by atoms with Crippen molar-refractivity contribution >= 4 is 11.7 Å². The Balaban J connectivity index is 2.07. The van der Waals surface area contributed by atoms with E-state index in [2.05, 4.69) is 29.5 Å². The van der Waals surface area contributed by atoms with Gasteiger partial charge >= 0.3 is 0 Å². The van der Waals surface area contributed by atoms with Crippen LogP contribution in [0.4, 0.5) is 5.82 Å². The molecule has 4 nitrogen and oxygen atoms in total. The number of carbonyl (C=O) groups is 1. The van der Waals surface area contributed by atoms with Crippen LogP contribution in [-0.4, -0.2) is 23.5 Å². The molecule has 1 aliphatic carbocycles. The van der Waals surface area contributed by atoms with Crippen molar-refractivity contribution in [2.24, 2.45) is 11.8 Å². The Hall–Kier alpha value is -1.58. The minimum absolute atomic E-state index is 0.0215. The van der Waals surface area contributed by atoms with Crippen LogP contribution in [0.5, 0.6) is 0 Å². The van der Waals surface area contributed by atoms with Crippen molar-refractivity contribution < 1.29 is 4.79 Å². The Kier molecular flexibility index (Phi) is 5.21. The fourth-order valence-electron chi connectivity index (χ4n) is 3.35. The maximum absolute atomic E-state index is 12.5. The van der Waals surface area contributed by atoms with E-state index in [-0.39, 0.29) is 5.91 Å². The van der Waals surface area contributed by atoms with E-state index in [1.165, 1.54) is 12.8 Å². The van der Waals surface area contributed by atoms with Crippen molar-refractivity contribution in [3.05, 3.63) is 23.4 Å². The Labute approximate surface area is 127 Å². The number of pyridine rings is 1. The first-order valence-electron chi connectivity index (χ1n) is 8.08. The fraction of sp³-hybridized carbons (Fsp3) is 0.647. The highest BCUT2D eigenvalue weighted by atomic mass is 16.1. The largest absolute Gasteiger partial charge is 0.370 e. The van der Waals surface area contributed by atoms with Gasteiger partial charge in [-0.3, -0.25) is 4.79 Å². The van der Waals surface area contributed by atoms with Crippen molar-refractivity contribution in [2.75, 3.05) is 11.9 Å². The molecule has 21 heavy (non-hydrogen) atoms. The molecular formula is C17H27N3O. The number of rotatable bonds is 5. The quantitative estimate of drug-likeness (QED) is 0.873. The predicted molar refractivity (Wildman–Crippen MR) is 86.6 cm³/mol. The summed E-state index contributed by atoms with van der Waals surface area (Å²) in [6, 6.07) is 3.99. The number of nitrogens with zero attached hydrogens (tertiary/aromatic N) is 1. The third-order valence-electron chi connectivity index (χ3n) is 4.64. The molecule has 1 heterocycles. The molecule has 2 rings (SSSR count). The molecule has 0 aliphatic heterocycles. The molecule has 116 valence electrons. The van der Waals surface area contributed by atoms with Crippen LogP contribution in [0, 0.1) is 18.8 Å². The van der Waals surface area contributed by atoms with Crippen LogP contribution in [0.25, 0.3) is 0 Å². The summed E-state index contributed by atoms with van der Waals surface area (Å²) in [6.45, 7) is 9.24. The molecule has 1 amide bonds. The van der Waals surface area contributed by atoms with Crippen LogP contribution >= 0.6 is 0 Å². The molecule has 0 spiro atoms. The van der Waals surface area contributed by atoms with E-state index < -0.39 is 0 Å². The van der Waals surface area contributed by atoms with E-state index in [4.69, 9.17) is 0 Å². The first-order chi connectivity index (χ1) is 10.0. The lowest BCUT2D eigenvalue weighted by Crippen LogP contribution is -2.37. The fourth-order valence-corrected chi connectivity index (χ4v) is 3.35. The van der Waals surface area contributed by atoms with Crippen LogP contribution in [0.2, 0.25) is 0 Å². The van der Waals surface area contributed by atoms with Crippen LogP contribution in [0.3, 0.4) is 0 Å². The average molecular weight is 289 g/mol. The smallest absolute Gasteiger partial charge is 0.251 e. The molecule has 1 aromatic heterocycles. The van der Waals surface area contributed by atoms with Gasteiger partial charge in [0.05, 0.1) is 0 Å². The molecule has 1 saturated carbocycles. The zero-order valence-corrected chi connectivity index (χ0v) is 13.6. The third kappa shape index (κ3) is 3.74. The molecule has 3 unspecified atom stereocenters. The summed E-state index contributed by atoms with van der Waals surface area (Å²) in [5.74, 6) is 2.10. The Morgan fingerprint density at radius 2 is 2.10 bits per heavy atom. The lowest BCUT2D eigenvalue weighted by atomic mass is 9.93. The first-order valence-corrected chi connectivity index (χ1v) is 8.08. The first kappa shape index (κ1) is 15.8. The van der Waals surface area contributed by atoms with Crippen molar-refractivity contribution in [2.45, 2.75) is 53.0 Å². The summed E-state index contributed by atoms with van der Waals surface area (Å²) in [6.07, 6.45) is 3.52. The van der Waals surface area contributed by atoms with Crippen molar-refractivity contribution in [1.82, 2.24) is 10.3 Å². The van der Waals surface area contributed by atoms with Gasteiger partial charge in [-0.05, 0) is 50.7 Å². The maximum Gasteiger partial charge on any atom is 0.251 e.